The molecule has 0 aromatic carbocycles. The minimum atomic E-state index is -4.60. The lowest BCUT2D eigenvalue weighted by molar-refractivity contribution is -0.142. The fraction of sp³-hybridized carbons (Fsp3) is 0.615. The monoisotopic (exact) mass is 587 g/mol. The zero-order chi connectivity index (χ0) is 28.8. The average Bonchev–Trinajstić information content (AvgIpc) is 3.63. The molecule has 3 fully saturated rings. The topological polar surface area (TPSA) is 87.7 Å². The Hall–Kier alpha value is -2.87. The van der Waals surface area contributed by atoms with Gasteiger partial charge in [0.15, 0.2) is 5.01 Å². The molecule has 14 heteroatoms. The molecule has 3 saturated heterocycles. The van der Waals surface area contributed by atoms with Crippen molar-refractivity contribution in [2.75, 3.05) is 25.0 Å². The van der Waals surface area contributed by atoms with E-state index >= 15 is 0 Å². The number of fused-ring (bicyclic) bond motifs is 2. The molecule has 3 aliphatic heterocycles. The summed E-state index contributed by atoms with van der Waals surface area (Å²) in [5, 5.41) is 2.17. The number of hydrogen-bond donors (Lipinski definition) is 1. The summed E-state index contributed by atoms with van der Waals surface area (Å²) in [6.07, 6.45) is -3.92. The first-order valence-corrected chi connectivity index (χ1v) is 14.2. The van der Waals surface area contributed by atoms with Crippen LogP contribution in [0.5, 0.6) is 0 Å². The summed E-state index contributed by atoms with van der Waals surface area (Å²) in [6.45, 7) is 4.41. The number of carbonyl (C=O) groups excluding carboxylic acids is 2. The molecule has 0 saturated carbocycles. The maximum absolute atomic E-state index is 14.3. The Bertz CT molecular complexity index is 1260. The quantitative estimate of drug-likeness (QED) is 0.429. The minimum absolute atomic E-state index is 0.0166. The number of aromatic nitrogens is 2. The summed E-state index contributed by atoms with van der Waals surface area (Å²) >= 11 is 0.821. The van der Waals surface area contributed by atoms with Crippen LogP contribution in [0, 0.1) is 0 Å². The molecule has 3 unspecified atom stereocenters. The van der Waals surface area contributed by atoms with Gasteiger partial charge in [0.2, 0.25) is 0 Å². The van der Waals surface area contributed by atoms with Gasteiger partial charge in [-0.2, -0.15) is 13.2 Å². The Kier molecular flexibility index (Phi) is 8.01. The Morgan fingerprint density at radius 1 is 1.18 bits per heavy atom. The van der Waals surface area contributed by atoms with Gasteiger partial charge < -0.3 is 19.9 Å². The third kappa shape index (κ3) is 5.65. The van der Waals surface area contributed by atoms with Gasteiger partial charge in [-0.1, -0.05) is 6.92 Å². The average molecular weight is 588 g/mol. The van der Waals surface area contributed by atoms with Crippen LogP contribution in [0.1, 0.15) is 78.2 Å². The summed E-state index contributed by atoms with van der Waals surface area (Å²) < 4.78 is 74.3. The highest BCUT2D eigenvalue weighted by molar-refractivity contribution is 7.17. The molecule has 2 bridgehead atoms. The van der Waals surface area contributed by atoms with Crippen molar-refractivity contribution < 1.29 is 36.3 Å². The number of halogens is 5. The summed E-state index contributed by atoms with van der Waals surface area (Å²) in [6, 6.07) is -1.20. The number of morpholine rings is 1. The molecular weight excluding hydrogens is 557 g/mol. The number of rotatable bonds is 7. The molecule has 2 aromatic rings. The summed E-state index contributed by atoms with van der Waals surface area (Å²) in [5.41, 5.74) is -0.885. The van der Waals surface area contributed by atoms with E-state index in [-0.39, 0.29) is 51.6 Å². The zero-order valence-electron chi connectivity index (χ0n) is 22.0. The van der Waals surface area contributed by atoms with Crippen LogP contribution in [0.25, 0.3) is 10.4 Å². The van der Waals surface area contributed by atoms with Crippen molar-refractivity contribution in [1.29, 1.82) is 0 Å². The van der Waals surface area contributed by atoms with Crippen LogP contribution in [0.2, 0.25) is 0 Å². The van der Waals surface area contributed by atoms with Crippen molar-refractivity contribution in [2.45, 2.75) is 82.8 Å². The molecule has 5 heterocycles. The van der Waals surface area contributed by atoms with E-state index in [0.29, 0.717) is 19.6 Å². The van der Waals surface area contributed by atoms with Gasteiger partial charge in [-0.25, -0.2) is 18.7 Å². The number of nitrogens with zero attached hydrogens (tertiary/aromatic N) is 4. The number of carbonyl (C=O) groups is 2. The number of thiazole rings is 1. The third-order valence-corrected chi connectivity index (χ3v) is 8.78. The van der Waals surface area contributed by atoms with Gasteiger partial charge in [0.05, 0.1) is 17.1 Å². The number of likely N-dealkylation sites (tertiary alicyclic amines) is 2. The van der Waals surface area contributed by atoms with Gasteiger partial charge in [-0.05, 0) is 45.1 Å². The van der Waals surface area contributed by atoms with Gasteiger partial charge in [0.25, 0.3) is 18.2 Å². The maximum atomic E-state index is 14.3. The van der Waals surface area contributed by atoms with Crippen LogP contribution in [0.4, 0.5) is 27.8 Å². The van der Waals surface area contributed by atoms with Crippen molar-refractivity contribution in [3.8, 4) is 10.4 Å². The van der Waals surface area contributed by atoms with Gasteiger partial charge in [0.1, 0.15) is 17.6 Å². The first-order chi connectivity index (χ1) is 19.0. The van der Waals surface area contributed by atoms with E-state index in [9.17, 15) is 31.5 Å². The summed E-state index contributed by atoms with van der Waals surface area (Å²) in [5.74, 6) is -1.27. The van der Waals surface area contributed by atoms with E-state index in [0.717, 1.165) is 49.3 Å². The third-order valence-electron chi connectivity index (χ3n) is 7.70. The largest absolute Gasteiger partial charge is 0.408 e. The number of ether oxygens (including phenoxy) is 1. The highest BCUT2D eigenvalue weighted by Gasteiger charge is 2.40. The van der Waals surface area contributed by atoms with E-state index in [1.807, 2.05) is 6.92 Å². The predicted octanol–water partition coefficient (Wildman–Crippen LogP) is 5.52. The van der Waals surface area contributed by atoms with Crippen LogP contribution in [-0.4, -0.2) is 81.7 Å². The number of hydrogen-bond acceptors (Lipinski definition) is 7. The lowest BCUT2D eigenvalue weighted by atomic mass is 10.1. The molecule has 3 aliphatic rings. The lowest BCUT2D eigenvalue weighted by Crippen LogP contribution is -2.45. The first kappa shape index (κ1) is 28.7. The fourth-order valence-electron chi connectivity index (χ4n) is 5.54. The molecule has 2 aromatic heterocycles. The molecule has 8 nitrogen and oxygen atoms in total. The first-order valence-electron chi connectivity index (χ1n) is 13.3. The molecule has 218 valence electrons. The van der Waals surface area contributed by atoms with Crippen LogP contribution in [-0.2, 0) is 4.74 Å². The fourth-order valence-corrected chi connectivity index (χ4v) is 6.60. The van der Waals surface area contributed by atoms with Gasteiger partial charge in [-0.15, -0.1) is 11.3 Å². The van der Waals surface area contributed by atoms with Gasteiger partial charge in [0, 0.05) is 43.0 Å². The molecule has 5 rings (SSSR count). The van der Waals surface area contributed by atoms with E-state index in [4.69, 9.17) is 4.74 Å². The normalized spacial score (nSPS) is 23.6. The zero-order valence-corrected chi connectivity index (χ0v) is 22.8. The Labute approximate surface area is 231 Å². The molecule has 1 N–H and O–H groups in total. The maximum Gasteiger partial charge on any atom is 0.408 e. The molecule has 0 aliphatic carbocycles. The van der Waals surface area contributed by atoms with Gasteiger partial charge >= 0.3 is 6.18 Å². The van der Waals surface area contributed by atoms with Gasteiger partial charge in [-0.3, -0.25) is 9.59 Å². The second kappa shape index (κ2) is 11.2. The van der Waals surface area contributed by atoms with E-state index in [1.165, 1.54) is 6.92 Å². The lowest BCUT2D eigenvalue weighted by Gasteiger charge is -2.31. The van der Waals surface area contributed by atoms with Crippen molar-refractivity contribution in [1.82, 2.24) is 19.8 Å². The van der Waals surface area contributed by atoms with Crippen molar-refractivity contribution >= 4 is 29.0 Å². The molecule has 4 atom stereocenters. The smallest absolute Gasteiger partial charge is 0.371 e. The second-order valence-corrected chi connectivity index (χ2v) is 11.5. The summed E-state index contributed by atoms with van der Waals surface area (Å²) in [7, 11) is 0. The van der Waals surface area contributed by atoms with Crippen LogP contribution in [0.15, 0.2) is 12.3 Å². The molecule has 0 radical (unpaired) electrons. The van der Waals surface area contributed by atoms with Crippen LogP contribution in [0.3, 0.4) is 0 Å². The Morgan fingerprint density at radius 3 is 2.45 bits per heavy atom. The summed E-state index contributed by atoms with van der Waals surface area (Å²) in [4.78, 5) is 38.7. The predicted molar refractivity (Wildman–Crippen MR) is 138 cm³/mol. The number of nitrogens with one attached hydrogen (secondary N) is 1. The molecule has 2 amide bonds. The number of pyridine rings is 1. The van der Waals surface area contributed by atoms with E-state index < -0.39 is 36.0 Å². The number of alkyl halides is 5. The van der Waals surface area contributed by atoms with Crippen LogP contribution < -0.4 is 5.32 Å². The van der Waals surface area contributed by atoms with Crippen molar-refractivity contribution in [3.05, 3.63) is 28.5 Å². The SMILES string of the molecule is CCC(Nc1cc(C(F)F)c(-c2sc(C(=O)N3CC4CCC(C3)O4)nc2C(=O)N2CCC[C@@H]2C)cn1)C(F)(F)F. The Morgan fingerprint density at radius 2 is 1.88 bits per heavy atom. The number of anilines is 1. The van der Waals surface area contributed by atoms with Crippen molar-refractivity contribution in [3.63, 3.8) is 0 Å². The molecule has 0 spiro atoms. The van der Waals surface area contributed by atoms with E-state index in [1.54, 1.807) is 9.80 Å². The van der Waals surface area contributed by atoms with E-state index in [2.05, 4.69) is 15.3 Å². The molecular formula is C26H30F5N5O3S. The standard InChI is InChI=1S/C26H30F5N5O3S/c1-3-18(26(29,30)31)33-19-9-16(22(27)28)17(10-32-19)21-20(24(37)36-8-4-5-13(36)2)34-23(40-21)25(38)35-11-14-6-7-15(12-35)39-14/h9-10,13-15,18,22H,3-8,11-12H2,1-2H3,(H,32,33)/t13-,14?,15?,18?/m0/s1. The number of amides is 2. The Balaban J connectivity index is 1.54. The molecule has 40 heavy (non-hydrogen) atoms. The van der Waals surface area contributed by atoms with Crippen molar-refractivity contribution in [2.24, 2.45) is 0 Å². The van der Waals surface area contributed by atoms with Crippen LogP contribution >= 0.6 is 11.3 Å². The highest BCUT2D eigenvalue weighted by Crippen LogP contribution is 2.40. The minimum Gasteiger partial charge on any atom is -0.371 e. The highest BCUT2D eigenvalue weighted by atomic mass is 32.1. The second-order valence-electron chi connectivity index (χ2n) is 10.5.